The summed E-state index contributed by atoms with van der Waals surface area (Å²) in [7, 11) is 0. The first-order valence-corrected chi connectivity index (χ1v) is 11.1. The van der Waals surface area contributed by atoms with Crippen molar-refractivity contribution in [2.24, 2.45) is 0 Å². The van der Waals surface area contributed by atoms with E-state index in [4.69, 9.17) is 14.2 Å². The van der Waals surface area contributed by atoms with Crippen molar-refractivity contribution in [1.82, 2.24) is 14.8 Å². The molecular weight excluding hydrogens is 426 g/mol. The van der Waals surface area contributed by atoms with Crippen LogP contribution in [0.5, 0.6) is 11.5 Å². The van der Waals surface area contributed by atoms with Gasteiger partial charge in [0.15, 0.2) is 17.3 Å². The number of rotatable bonds is 6. The van der Waals surface area contributed by atoms with E-state index >= 15 is 0 Å². The van der Waals surface area contributed by atoms with Gasteiger partial charge in [-0.3, -0.25) is 14.5 Å². The molecule has 2 saturated heterocycles. The second-order valence-corrected chi connectivity index (χ2v) is 8.97. The molecule has 2 fully saturated rings. The minimum atomic E-state index is -1.30. The van der Waals surface area contributed by atoms with E-state index in [2.05, 4.69) is 9.88 Å². The molecule has 0 bridgehead atoms. The van der Waals surface area contributed by atoms with Crippen molar-refractivity contribution in [3.8, 4) is 11.5 Å². The summed E-state index contributed by atoms with van der Waals surface area (Å²) in [5, 5.41) is 2.74. The smallest absolute Gasteiger partial charge is 0.325 e. The van der Waals surface area contributed by atoms with Crippen molar-refractivity contribution < 1.29 is 28.6 Å². The number of hydrogen-bond acceptors (Lipinski definition) is 6. The molecular formula is C24H27N3O6. The Morgan fingerprint density at radius 1 is 1.18 bits per heavy atom. The van der Waals surface area contributed by atoms with Gasteiger partial charge < -0.3 is 24.1 Å². The lowest BCUT2D eigenvalue weighted by atomic mass is 9.91. The lowest BCUT2D eigenvalue weighted by Crippen LogP contribution is -2.41. The predicted octanol–water partition coefficient (Wildman–Crippen LogP) is 2.66. The summed E-state index contributed by atoms with van der Waals surface area (Å²) >= 11 is 0. The molecule has 0 radical (unpaired) electrons. The highest BCUT2D eigenvalue weighted by Crippen LogP contribution is 2.38. The monoisotopic (exact) mass is 453 g/mol. The van der Waals surface area contributed by atoms with E-state index in [1.54, 1.807) is 25.1 Å². The molecule has 0 spiro atoms. The molecule has 9 nitrogen and oxygen atoms in total. The van der Waals surface area contributed by atoms with E-state index in [1.807, 2.05) is 19.9 Å². The summed E-state index contributed by atoms with van der Waals surface area (Å²) in [4.78, 5) is 40.2. The Hall–Kier alpha value is -3.33. The lowest BCUT2D eigenvalue weighted by Gasteiger charge is -2.22. The molecule has 9 heteroatoms. The second-order valence-electron chi connectivity index (χ2n) is 8.97. The van der Waals surface area contributed by atoms with Gasteiger partial charge in [-0.25, -0.2) is 4.79 Å². The highest BCUT2D eigenvalue weighted by Gasteiger charge is 2.50. The number of ketones is 1. The molecule has 4 heterocycles. The van der Waals surface area contributed by atoms with E-state index in [-0.39, 0.29) is 25.2 Å². The predicted molar refractivity (Wildman–Crippen MR) is 117 cm³/mol. The third-order valence-electron chi connectivity index (χ3n) is 6.81. The maximum absolute atomic E-state index is 13.3. The molecule has 0 unspecified atom stereocenters. The largest absolute Gasteiger partial charge is 0.454 e. The number of carbonyl (C=O) groups excluding carboxylic acids is 3. The van der Waals surface area contributed by atoms with E-state index in [9.17, 15) is 14.4 Å². The quantitative estimate of drug-likeness (QED) is 0.533. The van der Waals surface area contributed by atoms with E-state index < -0.39 is 17.5 Å². The topological polar surface area (TPSA) is 99.1 Å². The summed E-state index contributed by atoms with van der Waals surface area (Å²) in [5.41, 5.74) is 1.56. The van der Waals surface area contributed by atoms with Crippen LogP contribution < -0.4 is 14.8 Å². The molecule has 2 aromatic rings. The van der Waals surface area contributed by atoms with Crippen LogP contribution >= 0.6 is 0 Å². The van der Waals surface area contributed by atoms with Crippen LogP contribution in [0, 0.1) is 13.8 Å². The third kappa shape index (κ3) is 3.56. The Bertz CT molecular complexity index is 1150. The van der Waals surface area contributed by atoms with Crippen molar-refractivity contribution in [2.75, 3.05) is 19.9 Å². The second kappa shape index (κ2) is 7.91. The fourth-order valence-electron chi connectivity index (χ4n) is 4.83. The molecule has 0 aliphatic carbocycles. The number of fused-ring (bicyclic) bond motifs is 1. The molecule has 0 saturated carbocycles. The van der Waals surface area contributed by atoms with Crippen LogP contribution in [0.4, 0.5) is 4.79 Å². The molecule has 1 aromatic heterocycles. The number of Topliss-reactive ketones (excluding diaryl/α,β-unsaturated/α-hetero) is 1. The average Bonchev–Trinajstić information content (AvgIpc) is 3.56. The number of nitrogens with zero attached hydrogens (tertiary/aromatic N) is 2. The number of amides is 3. The molecule has 1 N–H and O–H groups in total. The number of urea groups is 1. The Kier molecular flexibility index (Phi) is 5.16. The summed E-state index contributed by atoms with van der Waals surface area (Å²) in [5.74, 6) is 0.349. The van der Waals surface area contributed by atoms with Gasteiger partial charge in [0.1, 0.15) is 5.54 Å². The van der Waals surface area contributed by atoms with Crippen LogP contribution in [0.25, 0.3) is 0 Å². The Morgan fingerprint density at radius 3 is 2.73 bits per heavy atom. The van der Waals surface area contributed by atoms with Gasteiger partial charge in [-0.05, 0) is 57.4 Å². The van der Waals surface area contributed by atoms with Gasteiger partial charge in [-0.2, -0.15) is 0 Å². The molecule has 174 valence electrons. The number of nitrogens with one attached hydrogen (secondary N) is 1. The van der Waals surface area contributed by atoms with Gasteiger partial charge in [0.2, 0.25) is 6.79 Å². The molecule has 5 rings (SSSR count). The highest BCUT2D eigenvalue weighted by atomic mass is 16.7. The Morgan fingerprint density at radius 2 is 1.97 bits per heavy atom. The first kappa shape index (κ1) is 21.5. The molecule has 3 aliphatic rings. The van der Waals surface area contributed by atoms with Gasteiger partial charge in [0.25, 0.3) is 5.91 Å². The van der Waals surface area contributed by atoms with Crippen LogP contribution in [-0.2, 0) is 21.6 Å². The molecule has 3 amide bonds. The number of imide groups is 1. The number of carbonyl (C=O) groups is 3. The standard InChI is InChI=1S/C24H27N3O6/c1-14-9-18(15(2)26(14)11-17-5-4-8-31-17)19(28)12-27-22(29)24(3,25-23(27)30)16-6-7-20-21(10-16)33-13-32-20/h6-7,9-10,17H,4-5,8,11-13H2,1-3H3,(H,25,30)/t17-,24-/m0/s1. The van der Waals surface area contributed by atoms with E-state index in [0.717, 1.165) is 35.7 Å². The van der Waals surface area contributed by atoms with Crippen molar-refractivity contribution in [1.29, 1.82) is 0 Å². The number of benzene rings is 1. The van der Waals surface area contributed by atoms with Gasteiger partial charge in [0, 0.05) is 30.1 Å². The minimum absolute atomic E-state index is 0.113. The highest BCUT2D eigenvalue weighted by molar-refractivity contribution is 6.11. The first-order valence-electron chi connectivity index (χ1n) is 11.1. The zero-order valence-electron chi connectivity index (χ0n) is 19.0. The molecule has 3 aliphatic heterocycles. The zero-order chi connectivity index (χ0) is 23.3. The fourth-order valence-corrected chi connectivity index (χ4v) is 4.83. The van der Waals surface area contributed by atoms with Crippen molar-refractivity contribution >= 4 is 17.7 Å². The Labute approximate surface area is 191 Å². The maximum atomic E-state index is 13.3. The van der Waals surface area contributed by atoms with Crippen LogP contribution in [0.1, 0.15) is 47.1 Å². The average molecular weight is 453 g/mol. The van der Waals surface area contributed by atoms with Gasteiger partial charge in [-0.1, -0.05) is 6.07 Å². The molecule has 1 aromatic carbocycles. The normalized spacial score (nSPS) is 24.0. The summed E-state index contributed by atoms with van der Waals surface area (Å²) < 4.78 is 18.5. The molecule has 2 atom stereocenters. The van der Waals surface area contributed by atoms with Gasteiger partial charge in [0.05, 0.1) is 12.6 Å². The number of aryl methyl sites for hydroxylation is 1. The lowest BCUT2D eigenvalue weighted by molar-refractivity contribution is -0.130. The van der Waals surface area contributed by atoms with E-state index in [1.165, 1.54) is 0 Å². The van der Waals surface area contributed by atoms with Gasteiger partial charge in [-0.15, -0.1) is 0 Å². The number of aromatic nitrogens is 1. The first-order chi connectivity index (χ1) is 15.8. The zero-order valence-corrected chi connectivity index (χ0v) is 19.0. The summed E-state index contributed by atoms with van der Waals surface area (Å²) in [6.45, 7) is 6.71. The van der Waals surface area contributed by atoms with Crippen molar-refractivity contribution in [2.45, 2.75) is 51.8 Å². The van der Waals surface area contributed by atoms with E-state index in [0.29, 0.717) is 29.2 Å². The Balaban J connectivity index is 1.35. The van der Waals surface area contributed by atoms with Crippen LogP contribution in [0.3, 0.4) is 0 Å². The summed E-state index contributed by atoms with van der Waals surface area (Å²) in [6.07, 6.45) is 2.19. The fraction of sp³-hybridized carbons (Fsp3) is 0.458. The third-order valence-corrected chi connectivity index (χ3v) is 6.81. The number of ether oxygens (including phenoxy) is 3. The van der Waals surface area contributed by atoms with Gasteiger partial charge >= 0.3 is 6.03 Å². The van der Waals surface area contributed by atoms with Crippen molar-refractivity contribution in [3.63, 3.8) is 0 Å². The molecule has 33 heavy (non-hydrogen) atoms. The maximum Gasteiger partial charge on any atom is 0.325 e. The SMILES string of the molecule is Cc1cc(C(=O)CN2C(=O)N[C@@](C)(c3ccc4c(c3)OCO4)C2=O)c(C)n1C[C@@H]1CCCO1. The van der Waals surface area contributed by atoms with Crippen molar-refractivity contribution in [3.05, 3.63) is 46.8 Å². The minimum Gasteiger partial charge on any atom is -0.454 e. The van der Waals surface area contributed by atoms with Crippen LogP contribution in [0.15, 0.2) is 24.3 Å². The van der Waals surface area contributed by atoms with Crippen LogP contribution in [0.2, 0.25) is 0 Å². The number of hydrogen-bond donors (Lipinski definition) is 1. The summed E-state index contributed by atoms with van der Waals surface area (Å²) in [6, 6.07) is 6.34. The van der Waals surface area contributed by atoms with Crippen LogP contribution in [-0.4, -0.2) is 53.2 Å².